The molecule has 0 saturated carbocycles. The van der Waals surface area contributed by atoms with Gasteiger partial charge in [0.15, 0.2) is 0 Å². The fourth-order valence-corrected chi connectivity index (χ4v) is 1.19. The minimum atomic E-state index is -0.108. The van der Waals surface area contributed by atoms with Gasteiger partial charge in [-0.25, -0.2) is 0 Å². The highest BCUT2D eigenvalue weighted by Crippen LogP contribution is 1.98. The molecule has 1 heterocycles. The van der Waals surface area contributed by atoms with Crippen molar-refractivity contribution in [2.45, 2.75) is 26.8 Å². The Bertz CT molecular complexity index is 387. The number of nitrogens with zero attached hydrogens (tertiary/aromatic N) is 1. The summed E-state index contributed by atoms with van der Waals surface area (Å²) in [5.41, 5.74) is 7.01. The standard InChI is InChI=1S/C11H16N2O/c1-9(2)4-3-6-13-7-5-11(14)10(12)8-13/h4-5,7-8H,3,6,12H2,1-2H3. The molecule has 0 bridgehead atoms. The molecule has 3 nitrogen and oxygen atoms in total. The zero-order valence-corrected chi connectivity index (χ0v) is 8.66. The molecule has 1 aromatic rings. The van der Waals surface area contributed by atoms with Crippen molar-refractivity contribution in [3.05, 3.63) is 40.3 Å². The van der Waals surface area contributed by atoms with Gasteiger partial charge < -0.3 is 10.3 Å². The van der Waals surface area contributed by atoms with Crippen LogP contribution in [0.15, 0.2) is 34.9 Å². The van der Waals surface area contributed by atoms with Crippen molar-refractivity contribution in [1.29, 1.82) is 0 Å². The molecule has 2 N–H and O–H groups in total. The molecule has 0 amide bonds. The molecule has 0 saturated heterocycles. The maximum atomic E-state index is 11.0. The maximum Gasteiger partial charge on any atom is 0.204 e. The van der Waals surface area contributed by atoms with Gasteiger partial charge in [0.25, 0.3) is 0 Å². The Hall–Kier alpha value is -1.51. The second kappa shape index (κ2) is 4.65. The fraction of sp³-hybridized carbons (Fsp3) is 0.364. The molecule has 0 aromatic carbocycles. The molecular formula is C11H16N2O. The van der Waals surface area contributed by atoms with E-state index in [9.17, 15) is 4.79 Å². The molecule has 76 valence electrons. The topological polar surface area (TPSA) is 48.0 Å². The Labute approximate surface area is 83.9 Å². The number of allylic oxidation sites excluding steroid dienone is 2. The number of hydrogen-bond donors (Lipinski definition) is 1. The van der Waals surface area contributed by atoms with Gasteiger partial charge in [0, 0.05) is 25.0 Å². The molecule has 0 aliphatic rings. The number of hydrogen-bond acceptors (Lipinski definition) is 2. The first kappa shape index (κ1) is 10.6. The minimum Gasteiger partial charge on any atom is -0.394 e. The number of aromatic nitrogens is 1. The van der Waals surface area contributed by atoms with Crippen molar-refractivity contribution in [3.8, 4) is 0 Å². The lowest BCUT2D eigenvalue weighted by Crippen LogP contribution is -2.10. The molecule has 0 aliphatic carbocycles. The lowest BCUT2D eigenvalue weighted by Gasteiger charge is -2.04. The zero-order valence-electron chi connectivity index (χ0n) is 8.66. The van der Waals surface area contributed by atoms with E-state index < -0.39 is 0 Å². The maximum absolute atomic E-state index is 11.0. The summed E-state index contributed by atoms with van der Waals surface area (Å²) in [6, 6.07) is 1.50. The molecule has 1 aromatic heterocycles. The second-order valence-electron chi connectivity index (χ2n) is 3.57. The van der Waals surface area contributed by atoms with Crippen molar-refractivity contribution in [3.63, 3.8) is 0 Å². The van der Waals surface area contributed by atoms with E-state index in [1.54, 1.807) is 12.4 Å². The van der Waals surface area contributed by atoms with Crippen LogP contribution in [-0.4, -0.2) is 4.57 Å². The molecular weight excluding hydrogens is 176 g/mol. The third-order valence-electron chi connectivity index (χ3n) is 1.95. The van der Waals surface area contributed by atoms with Crippen molar-refractivity contribution < 1.29 is 0 Å². The van der Waals surface area contributed by atoms with Crippen molar-refractivity contribution in [2.24, 2.45) is 0 Å². The molecule has 0 unspecified atom stereocenters. The van der Waals surface area contributed by atoms with E-state index >= 15 is 0 Å². The Morgan fingerprint density at radius 2 is 2.29 bits per heavy atom. The number of pyridine rings is 1. The highest BCUT2D eigenvalue weighted by molar-refractivity contribution is 5.33. The normalized spacial score (nSPS) is 9.86. The molecule has 0 spiro atoms. The van der Waals surface area contributed by atoms with Crippen LogP contribution in [0.25, 0.3) is 0 Å². The van der Waals surface area contributed by atoms with Gasteiger partial charge in [-0.1, -0.05) is 11.6 Å². The van der Waals surface area contributed by atoms with Crippen molar-refractivity contribution >= 4 is 5.69 Å². The highest BCUT2D eigenvalue weighted by Gasteiger charge is 1.93. The average molecular weight is 192 g/mol. The number of nitrogen functional groups attached to an aromatic ring is 1. The van der Waals surface area contributed by atoms with Gasteiger partial charge in [-0.15, -0.1) is 0 Å². The summed E-state index contributed by atoms with van der Waals surface area (Å²) in [7, 11) is 0. The Morgan fingerprint density at radius 1 is 1.57 bits per heavy atom. The summed E-state index contributed by atoms with van der Waals surface area (Å²) in [5.74, 6) is 0. The molecule has 0 aliphatic heterocycles. The predicted octanol–water partition coefficient (Wildman–Crippen LogP) is 1.79. The van der Waals surface area contributed by atoms with Gasteiger partial charge in [0.2, 0.25) is 5.43 Å². The summed E-state index contributed by atoms with van der Waals surface area (Å²) in [6.07, 6.45) is 6.57. The molecule has 1 rings (SSSR count). The lowest BCUT2D eigenvalue weighted by molar-refractivity contribution is 0.702. The number of nitrogens with two attached hydrogens (primary N) is 1. The van der Waals surface area contributed by atoms with Crippen molar-refractivity contribution in [1.82, 2.24) is 4.57 Å². The first-order valence-electron chi connectivity index (χ1n) is 4.68. The predicted molar refractivity (Wildman–Crippen MR) is 59.2 cm³/mol. The number of aryl methyl sites for hydroxylation is 1. The van der Waals surface area contributed by atoms with Crippen LogP contribution in [0, 0.1) is 0 Å². The molecule has 0 radical (unpaired) electrons. The van der Waals surface area contributed by atoms with E-state index in [1.165, 1.54) is 11.6 Å². The third-order valence-corrected chi connectivity index (χ3v) is 1.95. The summed E-state index contributed by atoms with van der Waals surface area (Å²) >= 11 is 0. The lowest BCUT2D eigenvalue weighted by atomic mass is 10.2. The van der Waals surface area contributed by atoms with E-state index in [4.69, 9.17) is 5.73 Å². The first-order valence-corrected chi connectivity index (χ1v) is 4.68. The Morgan fingerprint density at radius 3 is 2.86 bits per heavy atom. The largest absolute Gasteiger partial charge is 0.394 e. The van der Waals surface area contributed by atoms with Gasteiger partial charge in [0.1, 0.15) is 0 Å². The molecule has 0 fully saturated rings. The smallest absolute Gasteiger partial charge is 0.204 e. The SMILES string of the molecule is CC(C)=CCCn1ccc(=O)c(N)c1. The zero-order chi connectivity index (χ0) is 10.6. The van der Waals surface area contributed by atoms with Gasteiger partial charge in [0.05, 0.1) is 5.69 Å². The summed E-state index contributed by atoms with van der Waals surface area (Å²) in [6.45, 7) is 5.00. The van der Waals surface area contributed by atoms with E-state index in [0.717, 1.165) is 13.0 Å². The third kappa shape index (κ3) is 3.09. The Balaban J connectivity index is 2.65. The van der Waals surface area contributed by atoms with Gasteiger partial charge in [-0.3, -0.25) is 4.79 Å². The van der Waals surface area contributed by atoms with E-state index in [1.807, 2.05) is 4.57 Å². The van der Waals surface area contributed by atoms with Crippen LogP contribution in [0.4, 0.5) is 5.69 Å². The van der Waals surface area contributed by atoms with E-state index in [0.29, 0.717) is 5.69 Å². The second-order valence-corrected chi connectivity index (χ2v) is 3.57. The average Bonchev–Trinajstić information content (AvgIpc) is 2.10. The van der Waals surface area contributed by atoms with Crippen LogP contribution in [0.3, 0.4) is 0 Å². The molecule has 0 atom stereocenters. The number of anilines is 1. The number of rotatable bonds is 3. The van der Waals surface area contributed by atoms with Gasteiger partial charge in [-0.05, 0) is 20.3 Å². The Kier molecular flexibility index (Phi) is 3.51. The summed E-state index contributed by atoms with van der Waals surface area (Å²) in [5, 5.41) is 0. The van der Waals surface area contributed by atoms with E-state index in [2.05, 4.69) is 19.9 Å². The monoisotopic (exact) mass is 192 g/mol. The van der Waals surface area contributed by atoms with Gasteiger partial charge >= 0.3 is 0 Å². The highest BCUT2D eigenvalue weighted by atomic mass is 16.1. The van der Waals surface area contributed by atoms with E-state index in [-0.39, 0.29) is 5.43 Å². The fourth-order valence-electron chi connectivity index (χ4n) is 1.19. The molecule has 14 heavy (non-hydrogen) atoms. The van der Waals surface area contributed by atoms with Crippen molar-refractivity contribution in [2.75, 3.05) is 5.73 Å². The van der Waals surface area contributed by atoms with Crippen LogP contribution in [0.2, 0.25) is 0 Å². The van der Waals surface area contributed by atoms with Crippen LogP contribution >= 0.6 is 0 Å². The van der Waals surface area contributed by atoms with Crippen LogP contribution < -0.4 is 11.2 Å². The molecule has 3 heteroatoms. The summed E-state index contributed by atoms with van der Waals surface area (Å²) in [4.78, 5) is 11.0. The van der Waals surface area contributed by atoms with Gasteiger partial charge in [-0.2, -0.15) is 0 Å². The first-order chi connectivity index (χ1) is 6.59. The summed E-state index contributed by atoms with van der Waals surface area (Å²) < 4.78 is 1.93. The quantitative estimate of drug-likeness (QED) is 0.742. The van der Waals surface area contributed by atoms with Crippen LogP contribution in [-0.2, 0) is 6.54 Å². The van der Waals surface area contributed by atoms with Crippen LogP contribution in [0.5, 0.6) is 0 Å². The minimum absolute atomic E-state index is 0.108. The van der Waals surface area contributed by atoms with Crippen LogP contribution in [0.1, 0.15) is 20.3 Å².